The lowest BCUT2D eigenvalue weighted by Crippen LogP contribution is -2.44. The molecule has 2 aliphatic heterocycles. The standard InChI is InChI=1S/C25H35N5O3S/c1-2-3-6-11-26-25(32)30-12-9-19(10-13-30)24-28-21(18-34-24)23(31)27-20-7-4-5-8-22(20)29-14-16-33-17-15-29/h4-5,7-8,18-19H,2-3,6,9-17H2,1H3,(H,26,32)(H,27,31). The molecule has 2 aliphatic rings. The van der Waals surface area contributed by atoms with E-state index in [0.717, 1.165) is 81.2 Å². The van der Waals surface area contributed by atoms with Crippen LogP contribution in [0.25, 0.3) is 0 Å². The van der Waals surface area contributed by atoms with Gasteiger partial charge in [-0.25, -0.2) is 9.78 Å². The minimum atomic E-state index is -0.188. The Bertz CT molecular complexity index is 952. The molecule has 0 unspecified atom stereocenters. The maximum atomic E-state index is 13.0. The highest BCUT2D eigenvalue weighted by atomic mass is 32.1. The maximum absolute atomic E-state index is 13.0. The number of amides is 3. The summed E-state index contributed by atoms with van der Waals surface area (Å²) in [6.07, 6.45) is 5.06. The van der Waals surface area contributed by atoms with Gasteiger partial charge in [0, 0.05) is 44.0 Å². The van der Waals surface area contributed by atoms with E-state index in [2.05, 4.69) is 27.4 Å². The minimum Gasteiger partial charge on any atom is -0.378 e. The Morgan fingerprint density at radius 2 is 1.88 bits per heavy atom. The molecule has 0 atom stereocenters. The van der Waals surface area contributed by atoms with Crippen molar-refractivity contribution in [2.24, 2.45) is 0 Å². The Balaban J connectivity index is 1.30. The number of thiazole rings is 1. The Kier molecular flexibility index (Phi) is 8.76. The SMILES string of the molecule is CCCCCNC(=O)N1CCC(c2nc(C(=O)Nc3ccccc3N3CCOCC3)cs2)CC1. The summed E-state index contributed by atoms with van der Waals surface area (Å²) in [5, 5.41) is 8.90. The predicted molar refractivity (Wildman–Crippen MR) is 136 cm³/mol. The third-order valence-corrected chi connectivity index (χ3v) is 7.45. The number of aromatic nitrogens is 1. The zero-order chi connectivity index (χ0) is 23.8. The summed E-state index contributed by atoms with van der Waals surface area (Å²) in [6.45, 7) is 7.34. The molecule has 4 rings (SSSR count). The van der Waals surface area contributed by atoms with E-state index in [1.807, 2.05) is 34.5 Å². The van der Waals surface area contributed by atoms with Crippen LogP contribution in [0.1, 0.15) is 60.4 Å². The molecule has 2 aromatic rings. The molecule has 8 nitrogen and oxygen atoms in total. The maximum Gasteiger partial charge on any atom is 0.317 e. The normalized spacial score (nSPS) is 17.0. The molecule has 184 valence electrons. The lowest BCUT2D eigenvalue weighted by Gasteiger charge is -2.31. The number of para-hydroxylation sites is 2. The molecule has 9 heteroatoms. The Hall–Kier alpha value is -2.65. The fourth-order valence-corrected chi connectivity index (χ4v) is 5.41. The third-order valence-electron chi connectivity index (χ3n) is 6.45. The van der Waals surface area contributed by atoms with Crippen molar-refractivity contribution in [1.29, 1.82) is 0 Å². The molecular formula is C25H35N5O3S. The first kappa shape index (κ1) is 24.5. The quantitative estimate of drug-likeness (QED) is 0.544. The van der Waals surface area contributed by atoms with Crippen LogP contribution in [0.15, 0.2) is 29.6 Å². The van der Waals surface area contributed by atoms with E-state index in [4.69, 9.17) is 4.74 Å². The molecule has 3 amide bonds. The molecule has 1 aromatic heterocycles. The highest BCUT2D eigenvalue weighted by Crippen LogP contribution is 2.31. The summed E-state index contributed by atoms with van der Waals surface area (Å²) < 4.78 is 5.45. The summed E-state index contributed by atoms with van der Waals surface area (Å²) >= 11 is 1.54. The predicted octanol–water partition coefficient (Wildman–Crippen LogP) is 4.31. The van der Waals surface area contributed by atoms with Crippen molar-refractivity contribution in [2.45, 2.75) is 44.9 Å². The lowest BCUT2D eigenvalue weighted by molar-refractivity contribution is 0.102. The summed E-state index contributed by atoms with van der Waals surface area (Å²) in [6, 6.07) is 7.91. The van der Waals surface area contributed by atoms with Crippen LogP contribution in [0.5, 0.6) is 0 Å². The zero-order valence-electron chi connectivity index (χ0n) is 19.9. The van der Waals surface area contributed by atoms with Crippen molar-refractivity contribution in [3.05, 3.63) is 40.3 Å². The molecule has 1 aromatic carbocycles. The number of piperidine rings is 1. The van der Waals surface area contributed by atoms with Gasteiger partial charge in [0.1, 0.15) is 5.69 Å². The highest BCUT2D eigenvalue weighted by molar-refractivity contribution is 7.10. The van der Waals surface area contributed by atoms with E-state index in [9.17, 15) is 9.59 Å². The van der Waals surface area contributed by atoms with Gasteiger partial charge >= 0.3 is 6.03 Å². The van der Waals surface area contributed by atoms with Gasteiger partial charge in [-0.15, -0.1) is 11.3 Å². The number of nitrogens with one attached hydrogen (secondary N) is 2. The van der Waals surface area contributed by atoms with Gasteiger partial charge in [0.15, 0.2) is 0 Å². The van der Waals surface area contributed by atoms with Crippen LogP contribution >= 0.6 is 11.3 Å². The first-order valence-corrected chi connectivity index (χ1v) is 13.2. The van der Waals surface area contributed by atoms with Gasteiger partial charge in [-0.3, -0.25) is 4.79 Å². The van der Waals surface area contributed by atoms with Crippen molar-refractivity contribution in [2.75, 3.05) is 56.2 Å². The van der Waals surface area contributed by atoms with Crippen LogP contribution in [0, 0.1) is 0 Å². The van der Waals surface area contributed by atoms with Gasteiger partial charge in [0.25, 0.3) is 5.91 Å². The molecule has 3 heterocycles. The van der Waals surface area contributed by atoms with Crippen molar-refractivity contribution < 1.29 is 14.3 Å². The second kappa shape index (κ2) is 12.2. The van der Waals surface area contributed by atoms with E-state index in [1.54, 1.807) is 0 Å². The summed E-state index contributed by atoms with van der Waals surface area (Å²) in [5.41, 5.74) is 2.25. The summed E-state index contributed by atoms with van der Waals surface area (Å²) in [4.78, 5) is 34.1. The lowest BCUT2D eigenvalue weighted by atomic mass is 9.98. The fourth-order valence-electron chi connectivity index (χ4n) is 4.44. The Morgan fingerprint density at radius 3 is 2.65 bits per heavy atom. The number of likely N-dealkylation sites (tertiary alicyclic amines) is 1. The molecule has 2 N–H and O–H groups in total. The number of rotatable bonds is 8. The topological polar surface area (TPSA) is 86.8 Å². The van der Waals surface area contributed by atoms with E-state index in [0.29, 0.717) is 18.9 Å². The monoisotopic (exact) mass is 485 g/mol. The van der Waals surface area contributed by atoms with E-state index >= 15 is 0 Å². The van der Waals surface area contributed by atoms with Gasteiger partial charge in [-0.2, -0.15) is 0 Å². The van der Waals surface area contributed by atoms with Crippen molar-refractivity contribution in [3.63, 3.8) is 0 Å². The molecule has 2 saturated heterocycles. The van der Waals surface area contributed by atoms with Crippen LogP contribution < -0.4 is 15.5 Å². The number of benzene rings is 1. The number of hydrogen-bond donors (Lipinski definition) is 2. The Morgan fingerprint density at radius 1 is 1.12 bits per heavy atom. The van der Waals surface area contributed by atoms with Crippen LogP contribution in [0.3, 0.4) is 0 Å². The molecule has 0 saturated carbocycles. The van der Waals surface area contributed by atoms with Gasteiger partial charge in [-0.1, -0.05) is 31.9 Å². The smallest absolute Gasteiger partial charge is 0.317 e. The van der Waals surface area contributed by atoms with Gasteiger partial charge in [0.2, 0.25) is 0 Å². The average Bonchev–Trinajstić information content (AvgIpc) is 3.38. The summed E-state index contributed by atoms with van der Waals surface area (Å²) in [5.74, 6) is 0.100. The van der Waals surface area contributed by atoms with E-state index in [1.165, 1.54) is 11.3 Å². The van der Waals surface area contributed by atoms with E-state index < -0.39 is 0 Å². The number of unbranched alkanes of at least 4 members (excludes halogenated alkanes) is 2. The van der Waals surface area contributed by atoms with Crippen molar-refractivity contribution in [3.8, 4) is 0 Å². The largest absolute Gasteiger partial charge is 0.378 e. The number of hydrogen-bond acceptors (Lipinski definition) is 6. The second-order valence-corrected chi connectivity index (χ2v) is 9.73. The fraction of sp³-hybridized carbons (Fsp3) is 0.560. The van der Waals surface area contributed by atoms with Gasteiger partial charge in [-0.05, 0) is 31.4 Å². The number of carbonyl (C=O) groups excluding carboxylic acids is 2. The van der Waals surface area contributed by atoms with Crippen molar-refractivity contribution >= 4 is 34.6 Å². The number of anilines is 2. The first-order chi connectivity index (χ1) is 16.7. The minimum absolute atomic E-state index is 0.0349. The molecular weight excluding hydrogens is 450 g/mol. The number of carbonyl (C=O) groups is 2. The van der Waals surface area contributed by atoms with Crippen LogP contribution in [-0.2, 0) is 4.74 Å². The zero-order valence-corrected chi connectivity index (χ0v) is 20.7. The molecule has 2 fully saturated rings. The van der Waals surface area contributed by atoms with Crippen LogP contribution in [-0.4, -0.2) is 67.8 Å². The van der Waals surface area contributed by atoms with Gasteiger partial charge in [0.05, 0.1) is 29.6 Å². The second-order valence-electron chi connectivity index (χ2n) is 8.84. The molecule has 34 heavy (non-hydrogen) atoms. The average molecular weight is 486 g/mol. The third kappa shape index (κ3) is 6.27. The van der Waals surface area contributed by atoms with Crippen LogP contribution in [0.2, 0.25) is 0 Å². The number of morpholine rings is 1. The molecule has 0 spiro atoms. The highest BCUT2D eigenvalue weighted by Gasteiger charge is 2.26. The molecule has 0 aliphatic carbocycles. The van der Waals surface area contributed by atoms with E-state index in [-0.39, 0.29) is 17.9 Å². The number of urea groups is 1. The number of ether oxygens (including phenoxy) is 1. The first-order valence-electron chi connectivity index (χ1n) is 12.4. The molecule has 0 radical (unpaired) electrons. The molecule has 0 bridgehead atoms. The van der Waals surface area contributed by atoms with Crippen molar-refractivity contribution in [1.82, 2.24) is 15.2 Å². The summed E-state index contributed by atoms with van der Waals surface area (Å²) in [7, 11) is 0. The Labute approximate surface area is 205 Å². The number of nitrogens with zero attached hydrogens (tertiary/aromatic N) is 3. The van der Waals surface area contributed by atoms with Gasteiger partial charge < -0.3 is 25.2 Å². The van der Waals surface area contributed by atoms with Crippen LogP contribution in [0.4, 0.5) is 16.2 Å².